The SMILES string of the molecule is NCC1CCCN1C(=O)c1ccc(-n2ccccc2=O)cc1F. The quantitative estimate of drug-likeness (QED) is 0.934. The first-order valence-corrected chi connectivity index (χ1v) is 7.60. The van der Waals surface area contributed by atoms with Gasteiger partial charge in [-0.3, -0.25) is 14.2 Å². The molecule has 2 N–H and O–H groups in total. The molecule has 1 atom stereocenters. The van der Waals surface area contributed by atoms with Crippen molar-refractivity contribution in [1.82, 2.24) is 9.47 Å². The van der Waals surface area contributed by atoms with Gasteiger partial charge in [0.15, 0.2) is 0 Å². The van der Waals surface area contributed by atoms with Crippen molar-refractivity contribution in [1.29, 1.82) is 0 Å². The molecule has 1 saturated heterocycles. The van der Waals surface area contributed by atoms with Crippen molar-refractivity contribution in [2.24, 2.45) is 5.73 Å². The minimum atomic E-state index is -0.633. The summed E-state index contributed by atoms with van der Waals surface area (Å²) in [7, 11) is 0. The Morgan fingerprint density at radius 1 is 1.30 bits per heavy atom. The lowest BCUT2D eigenvalue weighted by Crippen LogP contribution is -2.40. The van der Waals surface area contributed by atoms with Crippen molar-refractivity contribution in [2.45, 2.75) is 18.9 Å². The minimum absolute atomic E-state index is 0.0121. The number of amides is 1. The van der Waals surface area contributed by atoms with E-state index in [4.69, 9.17) is 5.73 Å². The summed E-state index contributed by atoms with van der Waals surface area (Å²) in [6.45, 7) is 0.977. The Bertz CT molecular complexity index is 787. The molecule has 1 aromatic carbocycles. The predicted molar refractivity (Wildman–Crippen MR) is 85.1 cm³/mol. The number of benzene rings is 1. The Hall–Kier alpha value is -2.47. The monoisotopic (exact) mass is 315 g/mol. The molecule has 1 fully saturated rings. The Morgan fingerprint density at radius 2 is 2.13 bits per heavy atom. The molecule has 1 amide bonds. The van der Waals surface area contributed by atoms with Crippen molar-refractivity contribution >= 4 is 5.91 Å². The maximum absolute atomic E-state index is 14.4. The van der Waals surface area contributed by atoms with Crippen LogP contribution in [-0.4, -0.2) is 34.5 Å². The van der Waals surface area contributed by atoms with Crippen molar-refractivity contribution in [3.8, 4) is 5.69 Å². The van der Waals surface area contributed by atoms with Gasteiger partial charge < -0.3 is 10.6 Å². The van der Waals surface area contributed by atoms with E-state index in [-0.39, 0.29) is 23.1 Å². The van der Waals surface area contributed by atoms with E-state index in [0.717, 1.165) is 12.8 Å². The predicted octanol–water partition coefficient (Wildman–Crippen LogP) is 1.54. The fraction of sp³-hybridized carbons (Fsp3) is 0.294. The third-order valence-electron chi connectivity index (χ3n) is 4.19. The van der Waals surface area contributed by atoms with Gasteiger partial charge >= 0.3 is 0 Å². The first kappa shape index (κ1) is 15.4. The second-order valence-electron chi connectivity index (χ2n) is 5.60. The lowest BCUT2D eigenvalue weighted by Gasteiger charge is -2.23. The van der Waals surface area contributed by atoms with Crippen LogP contribution >= 0.6 is 0 Å². The third-order valence-corrected chi connectivity index (χ3v) is 4.19. The number of rotatable bonds is 3. The van der Waals surface area contributed by atoms with Crippen molar-refractivity contribution in [2.75, 3.05) is 13.1 Å². The van der Waals surface area contributed by atoms with E-state index >= 15 is 0 Å². The molecule has 0 radical (unpaired) electrons. The highest BCUT2D eigenvalue weighted by molar-refractivity contribution is 5.95. The number of carbonyl (C=O) groups is 1. The first-order chi connectivity index (χ1) is 11.1. The van der Waals surface area contributed by atoms with Gasteiger partial charge in [-0.1, -0.05) is 6.07 Å². The molecule has 5 nitrogen and oxygen atoms in total. The molecule has 0 aliphatic carbocycles. The zero-order chi connectivity index (χ0) is 16.4. The van der Waals surface area contributed by atoms with Crippen LogP contribution < -0.4 is 11.3 Å². The minimum Gasteiger partial charge on any atom is -0.334 e. The highest BCUT2D eigenvalue weighted by Crippen LogP contribution is 2.21. The molecule has 0 saturated carbocycles. The van der Waals surface area contributed by atoms with E-state index in [1.165, 1.54) is 22.8 Å². The zero-order valence-corrected chi connectivity index (χ0v) is 12.6. The number of hydrogen-bond acceptors (Lipinski definition) is 3. The molecular weight excluding hydrogens is 297 g/mol. The number of halogens is 1. The summed E-state index contributed by atoms with van der Waals surface area (Å²) >= 11 is 0. The molecule has 2 aromatic rings. The molecule has 1 unspecified atom stereocenters. The van der Waals surface area contributed by atoms with Gasteiger partial charge in [0.2, 0.25) is 0 Å². The van der Waals surface area contributed by atoms with Gasteiger partial charge in [-0.25, -0.2) is 4.39 Å². The van der Waals surface area contributed by atoms with E-state index < -0.39 is 5.82 Å². The van der Waals surface area contributed by atoms with Crippen LogP contribution in [0.4, 0.5) is 4.39 Å². The smallest absolute Gasteiger partial charge is 0.257 e. The van der Waals surface area contributed by atoms with Crippen LogP contribution in [0.5, 0.6) is 0 Å². The van der Waals surface area contributed by atoms with Gasteiger partial charge in [0.05, 0.1) is 11.3 Å². The molecule has 1 aliphatic rings. The number of likely N-dealkylation sites (tertiary alicyclic amines) is 1. The summed E-state index contributed by atoms with van der Waals surface area (Å²) in [5.74, 6) is -0.978. The van der Waals surface area contributed by atoms with Crippen LogP contribution in [-0.2, 0) is 0 Å². The Balaban J connectivity index is 1.92. The number of aromatic nitrogens is 1. The molecule has 1 aromatic heterocycles. The van der Waals surface area contributed by atoms with E-state index in [9.17, 15) is 14.0 Å². The molecule has 120 valence electrons. The van der Waals surface area contributed by atoms with E-state index in [1.807, 2.05) is 0 Å². The van der Waals surface area contributed by atoms with Crippen LogP contribution in [0.25, 0.3) is 5.69 Å². The second-order valence-corrected chi connectivity index (χ2v) is 5.60. The highest BCUT2D eigenvalue weighted by atomic mass is 19.1. The number of carbonyl (C=O) groups excluding carboxylic acids is 1. The number of nitrogens with two attached hydrogens (primary N) is 1. The molecule has 2 heterocycles. The summed E-state index contributed by atoms with van der Waals surface area (Å²) in [5.41, 5.74) is 5.82. The normalized spacial score (nSPS) is 17.5. The molecule has 0 spiro atoms. The number of hydrogen-bond donors (Lipinski definition) is 1. The average molecular weight is 315 g/mol. The van der Waals surface area contributed by atoms with Crippen molar-refractivity contribution in [3.05, 3.63) is 64.3 Å². The van der Waals surface area contributed by atoms with E-state index in [1.54, 1.807) is 29.3 Å². The number of pyridine rings is 1. The lowest BCUT2D eigenvalue weighted by atomic mass is 10.1. The summed E-state index contributed by atoms with van der Waals surface area (Å²) in [6.07, 6.45) is 3.29. The standard InChI is InChI=1S/C17H18FN3O2/c18-15-10-12(20-8-2-1-5-16(20)22)6-7-14(15)17(23)21-9-3-4-13(21)11-19/h1-2,5-8,10,13H,3-4,9,11,19H2. The maximum Gasteiger partial charge on any atom is 0.257 e. The fourth-order valence-electron chi connectivity index (χ4n) is 2.97. The Kier molecular flexibility index (Phi) is 4.25. The van der Waals surface area contributed by atoms with Crippen LogP contribution in [0, 0.1) is 5.82 Å². The van der Waals surface area contributed by atoms with Gasteiger partial charge in [0, 0.05) is 31.4 Å². The summed E-state index contributed by atoms with van der Waals surface area (Å²) in [6, 6.07) is 8.89. The zero-order valence-electron chi connectivity index (χ0n) is 12.6. The number of nitrogens with zero attached hydrogens (tertiary/aromatic N) is 2. The molecule has 23 heavy (non-hydrogen) atoms. The van der Waals surface area contributed by atoms with Gasteiger partial charge in [0.25, 0.3) is 11.5 Å². The van der Waals surface area contributed by atoms with Crippen LogP contribution in [0.1, 0.15) is 23.2 Å². The van der Waals surface area contributed by atoms with Gasteiger partial charge in [-0.05, 0) is 37.1 Å². The molecule has 3 rings (SSSR count). The topological polar surface area (TPSA) is 68.3 Å². The third kappa shape index (κ3) is 2.90. The van der Waals surface area contributed by atoms with Crippen LogP contribution in [0.3, 0.4) is 0 Å². The van der Waals surface area contributed by atoms with Crippen molar-refractivity contribution < 1.29 is 9.18 Å². The Morgan fingerprint density at radius 3 is 2.83 bits per heavy atom. The van der Waals surface area contributed by atoms with E-state index in [2.05, 4.69) is 0 Å². The fourth-order valence-corrected chi connectivity index (χ4v) is 2.97. The molecule has 0 bridgehead atoms. The highest BCUT2D eigenvalue weighted by Gasteiger charge is 2.29. The lowest BCUT2D eigenvalue weighted by molar-refractivity contribution is 0.0736. The van der Waals surface area contributed by atoms with Crippen molar-refractivity contribution in [3.63, 3.8) is 0 Å². The molecule has 1 aliphatic heterocycles. The van der Waals surface area contributed by atoms with Crippen LogP contribution in [0.15, 0.2) is 47.4 Å². The Labute approximate surface area is 133 Å². The first-order valence-electron chi connectivity index (χ1n) is 7.60. The van der Waals surface area contributed by atoms with Gasteiger partial charge in [0.1, 0.15) is 5.82 Å². The van der Waals surface area contributed by atoms with Gasteiger partial charge in [-0.2, -0.15) is 0 Å². The second kappa shape index (κ2) is 6.34. The maximum atomic E-state index is 14.4. The largest absolute Gasteiger partial charge is 0.334 e. The average Bonchev–Trinajstić information content (AvgIpc) is 3.03. The van der Waals surface area contributed by atoms with Crippen LogP contribution in [0.2, 0.25) is 0 Å². The summed E-state index contributed by atoms with van der Waals surface area (Å²) < 4.78 is 15.7. The molecule has 6 heteroatoms. The molecular formula is C17H18FN3O2. The van der Waals surface area contributed by atoms with E-state index in [0.29, 0.717) is 18.8 Å². The van der Waals surface area contributed by atoms with Gasteiger partial charge in [-0.15, -0.1) is 0 Å². The summed E-state index contributed by atoms with van der Waals surface area (Å²) in [5, 5.41) is 0. The summed E-state index contributed by atoms with van der Waals surface area (Å²) in [4.78, 5) is 25.9.